The lowest BCUT2D eigenvalue weighted by atomic mass is 9.89. The van der Waals surface area contributed by atoms with E-state index in [4.69, 9.17) is 11.6 Å². The fraction of sp³-hybridized carbons (Fsp3) is 0.286. The first-order valence-electron chi connectivity index (χ1n) is 9.70. The first kappa shape index (κ1) is 19.3. The van der Waals surface area contributed by atoms with E-state index in [1.165, 1.54) is 5.57 Å². The van der Waals surface area contributed by atoms with E-state index in [9.17, 15) is 9.90 Å². The number of carboxylic acids is 1. The van der Waals surface area contributed by atoms with Gasteiger partial charge in [0.25, 0.3) is 5.84 Å². The summed E-state index contributed by atoms with van der Waals surface area (Å²) in [6.07, 6.45) is 11.7. The average Bonchev–Trinajstić information content (AvgIpc) is 3.32. The van der Waals surface area contributed by atoms with Crippen molar-refractivity contribution >= 4 is 52.9 Å². The van der Waals surface area contributed by atoms with Crippen molar-refractivity contribution in [2.45, 2.75) is 38.6 Å². The molecule has 0 saturated carbocycles. The van der Waals surface area contributed by atoms with E-state index < -0.39 is 5.97 Å². The summed E-state index contributed by atoms with van der Waals surface area (Å²) in [5.41, 5.74) is 3.72. The summed E-state index contributed by atoms with van der Waals surface area (Å²) in [5, 5.41) is 22.4. The molecule has 7 nitrogen and oxygen atoms in total. The number of thiazole rings is 1. The maximum Gasteiger partial charge on any atom is 0.391 e. The van der Waals surface area contributed by atoms with Crippen molar-refractivity contribution in [2.24, 2.45) is 15.2 Å². The Morgan fingerprint density at radius 2 is 2.23 bits per heavy atom. The molecule has 152 valence electrons. The molecule has 2 aliphatic heterocycles. The van der Waals surface area contributed by atoms with E-state index >= 15 is 0 Å². The lowest BCUT2D eigenvalue weighted by Gasteiger charge is -2.38. The molecular weight excluding hydrogens is 422 g/mol. The Bertz CT molecular complexity index is 1170. The maximum absolute atomic E-state index is 12.6. The van der Waals surface area contributed by atoms with Crippen LogP contribution in [-0.4, -0.2) is 45.0 Å². The number of allylic oxidation sites excluding steroid dienone is 5. The minimum Gasteiger partial charge on any atom is -0.474 e. The number of aromatic nitrogens is 1. The highest BCUT2D eigenvalue weighted by Crippen LogP contribution is 2.41. The highest BCUT2D eigenvalue weighted by atomic mass is 35.5. The molecule has 9 heteroatoms. The second-order valence-electron chi connectivity index (χ2n) is 7.59. The molecule has 0 radical (unpaired) electrons. The van der Waals surface area contributed by atoms with Crippen molar-refractivity contribution in [3.05, 3.63) is 56.3 Å². The van der Waals surface area contributed by atoms with Gasteiger partial charge in [0.15, 0.2) is 0 Å². The van der Waals surface area contributed by atoms with Crippen molar-refractivity contribution in [2.75, 3.05) is 0 Å². The largest absolute Gasteiger partial charge is 0.474 e. The zero-order valence-electron chi connectivity index (χ0n) is 16.2. The Morgan fingerprint density at radius 3 is 2.93 bits per heavy atom. The Kier molecular flexibility index (Phi) is 4.65. The minimum absolute atomic E-state index is 0.0170. The number of aliphatic imine (C=N–C) groups is 1. The van der Waals surface area contributed by atoms with Gasteiger partial charge >= 0.3 is 5.97 Å². The first-order valence-corrected chi connectivity index (χ1v) is 11.0. The monoisotopic (exact) mass is 440 g/mol. The summed E-state index contributed by atoms with van der Waals surface area (Å²) in [4.78, 5) is 21.7. The second-order valence-corrected chi connectivity index (χ2v) is 9.09. The number of aliphatic carboxylic acids is 1. The van der Waals surface area contributed by atoms with Crippen LogP contribution < -0.4 is 0 Å². The fourth-order valence-electron chi connectivity index (χ4n) is 4.54. The second kappa shape index (κ2) is 7.23. The maximum atomic E-state index is 12.6. The number of aryl methyl sites for hydroxylation is 1. The minimum atomic E-state index is -0.987. The van der Waals surface area contributed by atoms with E-state index in [0.29, 0.717) is 35.0 Å². The van der Waals surface area contributed by atoms with E-state index in [1.54, 1.807) is 30.0 Å². The van der Waals surface area contributed by atoms with Crippen LogP contribution in [0, 0.1) is 6.92 Å². The van der Waals surface area contributed by atoms with Gasteiger partial charge in [-0.15, -0.1) is 11.3 Å². The van der Waals surface area contributed by atoms with Crippen LogP contribution in [-0.2, 0) is 4.79 Å². The van der Waals surface area contributed by atoms with Gasteiger partial charge in [-0.2, -0.15) is 4.48 Å². The van der Waals surface area contributed by atoms with Crippen LogP contribution in [0.2, 0.25) is 0 Å². The van der Waals surface area contributed by atoms with Crippen LogP contribution in [0.1, 0.15) is 36.4 Å². The number of amidine groups is 1. The van der Waals surface area contributed by atoms with Crippen molar-refractivity contribution in [1.82, 2.24) is 4.98 Å². The normalized spacial score (nSPS) is 27.6. The zero-order chi connectivity index (χ0) is 20.9. The van der Waals surface area contributed by atoms with Crippen LogP contribution in [0.4, 0.5) is 0 Å². The summed E-state index contributed by atoms with van der Waals surface area (Å²) in [5.74, 6) is -0.462. The summed E-state index contributed by atoms with van der Waals surface area (Å²) in [6, 6.07) is -0.0377. The van der Waals surface area contributed by atoms with Crippen molar-refractivity contribution < 1.29 is 14.4 Å². The highest BCUT2D eigenvalue weighted by molar-refractivity contribution is 7.09. The summed E-state index contributed by atoms with van der Waals surface area (Å²) in [7, 11) is 0. The molecule has 1 N–H and O–H groups in total. The SMILES string of the molecule is Cc1nc(C2=CCC([N+]34C=NN=C3C=NC3=CC(Cl)=CCC3=C4C(=O)O)CC2)cs1. The van der Waals surface area contributed by atoms with E-state index in [-0.39, 0.29) is 16.2 Å². The molecule has 1 aromatic heterocycles. The van der Waals surface area contributed by atoms with Gasteiger partial charge in [-0.1, -0.05) is 34.0 Å². The van der Waals surface area contributed by atoms with Gasteiger partial charge in [0.1, 0.15) is 12.3 Å². The van der Waals surface area contributed by atoms with Crippen LogP contribution >= 0.6 is 22.9 Å². The number of halogens is 1. The highest BCUT2D eigenvalue weighted by Gasteiger charge is 2.53. The van der Waals surface area contributed by atoms with E-state index in [0.717, 1.165) is 23.5 Å². The Labute approximate surface area is 182 Å². The van der Waals surface area contributed by atoms with Crippen LogP contribution in [0.5, 0.6) is 0 Å². The first-order chi connectivity index (χ1) is 14.5. The van der Waals surface area contributed by atoms with Gasteiger partial charge < -0.3 is 5.11 Å². The third-order valence-corrected chi connectivity index (χ3v) is 6.98. The van der Waals surface area contributed by atoms with E-state index in [1.807, 2.05) is 13.0 Å². The predicted molar refractivity (Wildman–Crippen MR) is 118 cm³/mol. The Hall–Kier alpha value is -2.68. The van der Waals surface area contributed by atoms with Gasteiger partial charge in [-0.3, -0.25) is 0 Å². The van der Waals surface area contributed by atoms with Crippen molar-refractivity contribution in [3.8, 4) is 0 Å². The average molecular weight is 441 g/mol. The molecule has 0 saturated heterocycles. The predicted octanol–water partition coefficient (Wildman–Crippen LogP) is 4.39. The lowest BCUT2D eigenvalue weighted by molar-refractivity contribution is -0.721. The molecule has 1 aromatic rings. The number of quaternary nitrogens is 1. The topological polar surface area (TPSA) is 87.3 Å². The number of nitrogens with zero attached hydrogens (tertiary/aromatic N) is 5. The summed E-state index contributed by atoms with van der Waals surface area (Å²) >= 11 is 7.80. The molecule has 30 heavy (non-hydrogen) atoms. The summed E-state index contributed by atoms with van der Waals surface area (Å²) < 4.78 is -0.0170. The number of hydrogen-bond acceptors (Lipinski definition) is 6. The van der Waals surface area contributed by atoms with Gasteiger partial charge in [-0.25, -0.2) is 14.8 Å². The number of hydrogen-bond donors (Lipinski definition) is 1. The molecule has 0 bridgehead atoms. The van der Waals surface area contributed by atoms with Crippen molar-refractivity contribution in [1.29, 1.82) is 0 Å². The zero-order valence-corrected chi connectivity index (χ0v) is 17.8. The molecule has 2 unspecified atom stereocenters. The number of carboxylic acid groups (broad SMARTS) is 1. The standard InChI is InChI=1S/C21H18ClN5O2S/c1-12-25-18(10-30-12)13-2-5-15(6-3-13)27-11-24-26-19(27)9-23-17-8-14(22)4-7-16(17)20(27)21(28)29/h2,4,8-11,15H,3,5-7H2,1H3/p+1. The molecular formula is C21H19ClN5O2S+. The molecule has 2 aliphatic carbocycles. The molecule has 0 fully saturated rings. The van der Waals surface area contributed by atoms with Crippen LogP contribution in [0.25, 0.3) is 5.57 Å². The van der Waals surface area contributed by atoms with Gasteiger partial charge in [0.2, 0.25) is 12.0 Å². The van der Waals surface area contributed by atoms with Crippen molar-refractivity contribution in [3.63, 3.8) is 0 Å². The molecule has 4 aliphatic rings. The molecule has 0 amide bonds. The van der Waals surface area contributed by atoms with Gasteiger partial charge in [0.05, 0.1) is 22.0 Å². The van der Waals surface area contributed by atoms with Crippen LogP contribution in [0.3, 0.4) is 0 Å². The fourth-order valence-corrected chi connectivity index (χ4v) is 5.36. The third-order valence-electron chi connectivity index (χ3n) is 5.94. The summed E-state index contributed by atoms with van der Waals surface area (Å²) in [6.45, 7) is 2.00. The van der Waals surface area contributed by atoms with E-state index in [2.05, 4.69) is 31.6 Å². The number of rotatable bonds is 3. The third kappa shape index (κ3) is 2.94. The Morgan fingerprint density at radius 1 is 1.37 bits per heavy atom. The lowest BCUT2D eigenvalue weighted by Crippen LogP contribution is -2.58. The molecule has 2 atom stereocenters. The van der Waals surface area contributed by atoms with Gasteiger partial charge in [0, 0.05) is 29.7 Å². The molecule has 3 heterocycles. The van der Waals surface area contributed by atoms with Crippen LogP contribution in [0.15, 0.2) is 60.8 Å². The molecule has 0 spiro atoms. The Balaban J connectivity index is 1.60. The molecule has 0 aromatic carbocycles. The van der Waals surface area contributed by atoms with Gasteiger partial charge in [-0.05, 0) is 25.0 Å². The smallest absolute Gasteiger partial charge is 0.391 e. The molecule has 5 rings (SSSR count). The quantitative estimate of drug-likeness (QED) is 0.707. The number of fused-ring (bicyclic) bond motifs is 2. The number of carbonyl (C=O) groups is 1.